The fourth-order valence-corrected chi connectivity index (χ4v) is 2.11. The van der Waals surface area contributed by atoms with Crippen LogP contribution in [0.1, 0.15) is 71.1 Å². The monoisotopic (exact) mass is 243 g/mol. The van der Waals surface area contributed by atoms with E-state index in [1.807, 2.05) is 0 Å². The van der Waals surface area contributed by atoms with E-state index in [-0.39, 0.29) is 18.4 Å². The molecule has 0 aromatic heterocycles. The van der Waals surface area contributed by atoms with E-state index in [9.17, 15) is 4.79 Å². The molecule has 0 aromatic carbocycles. The number of carbonyl (C=O) groups is 1. The molecule has 0 aliphatic heterocycles. The summed E-state index contributed by atoms with van der Waals surface area (Å²) in [6, 6.07) is 0. The summed E-state index contributed by atoms with van der Waals surface area (Å²) in [5.41, 5.74) is 5.27. The Labute approximate surface area is 106 Å². The highest BCUT2D eigenvalue weighted by Crippen LogP contribution is 2.15. The van der Waals surface area contributed by atoms with E-state index in [2.05, 4.69) is 6.92 Å². The van der Waals surface area contributed by atoms with E-state index in [1.54, 1.807) is 0 Å². The second-order valence-electron chi connectivity index (χ2n) is 4.88. The fourth-order valence-electron chi connectivity index (χ4n) is 2.11. The van der Waals surface area contributed by atoms with Crippen molar-refractivity contribution < 1.29 is 9.90 Å². The number of amides is 1. The predicted octanol–water partition coefficient (Wildman–Crippen LogP) is 3.00. The van der Waals surface area contributed by atoms with Gasteiger partial charge in [-0.3, -0.25) is 4.79 Å². The number of primary amides is 1. The maximum absolute atomic E-state index is 11.0. The quantitative estimate of drug-likeness (QED) is 0.518. The third-order valence-electron chi connectivity index (χ3n) is 3.29. The molecule has 1 amide bonds. The predicted molar refractivity (Wildman–Crippen MR) is 71.6 cm³/mol. The maximum Gasteiger partial charge on any atom is 0.220 e. The third-order valence-corrected chi connectivity index (χ3v) is 3.29. The number of aliphatic hydroxyl groups excluding tert-OH is 1. The average Bonchev–Trinajstić information content (AvgIpc) is 2.31. The summed E-state index contributed by atoms with van der Waals surface area (Å²) in [5.74, 6) is -0.387. The summed E-state index contributed by atoms with van der Waals surface area (Å²) in [6.45, 7) is 2.29. The van der Waals surface area contributed by atoms with Gasteiger partial charge >= 0.3 is 0 Å². The van der Waals surface area contributed by atoms with Crippen LogP contribution in [0.5, 0.6) is 0 Å². The third kappa shape index (κ3) is 10.3. The van der Waals surface area contributed by atoms with Crippen LogP contribution in [0.3, 0.4) is 0 Å². The highest BCUT2D eigenvalue weighted by Gasteiger charge is 2.13. The van der Waals surface area contributed by atoms with Crippen molar-refractivity contribution in [3.63, 3.8) is 0 Å². The van der Waals surface area contributed by atoms with E-state index in [0.29, 0.717) is 6.42 Å². The Kier molecular flexibility index (Phi) is 11.5. The highest BCUT2D eigenvalue weighted by atomic mass is 16.3. The summed E-state index contributed by atoms with van der Waals surface area (Å²) in [7, 11) is 0. The number of nitrogens with two attached hydrogens (primary N) is 1. The lowest BCUT2D eigenvalue weighted by molar-refractivity contribution is -0.122. The van der Waals surface area contributed by atoms with E-state index in [4.69, 9.17) is 10.8 Å². The van der Waals surface area contributed by atoms with Crippen molar-refractivity contribution in [3.05, 3.63) is 0 Å². The van der Waals surface area contributed by atoms with Crippen LogP contribution < -0.4 is 5.73 Å². The molecule has 3 heteroatoms. The standard InChI is InChI=1S/C14H29NO2/c1-2-3-4-5-6-7-8-9-10-13(11-12-16)14(15)17/h13,16H,2-12H2,1H3,(H2,15,17). The second kappa shape index (κ2) is 11.9. The van der Waals surface area contributed by atoms with Crippen LogP contribution >= 0.6 is 0 Å². The Morgan fingerprint density at radius 2 is 1.53 bits per heavy atom. The SMILES string of the molecule is CCCCCCCCCCC(CCO)C(N)=O. The molecule has 0 bridgehead atoms. The Morgan fingerprint density at radius 1 is 1.00 bits per heavy atom. The maximum atomic E-state index is 11.0. The van der Waals surface area contributed by atoms with Gasteiger partial charge < -0.3 is 10.8 Å². The van der Waals surface area contributed by atoms with Gasteiger partial charge in [-0.15, -0.1) is 0 Å². The molecule has 0 saturated carbocycles. The largest absolute Gasteiger partial charge is 0.396 e. The lowest BCUT2D eigenvalue weighted by atomic mass is 9.97. The molecule has 3 nitrogen and oxygen atoms in total. The first-order chi connectivity index (χ1) is 8.22. The van der Waals surface area contributed by atoms with Crippen molar-refractivity contribution in [3.8, 4) is 0 Å². The number of unbranched alkanes of at least 4 members (excludes halogenated alkanes) is 7. The van der Waals surface area contributed by atoms with Gasteiger partial charge in [0.2, 0.25) is 5.91 Å². The van der Waals surface area contributed by atoms with E-state index < -0.39 is 0 Å². The van der Waals surface area contributed by atoms with Gasteiger partial charge in [-0.2, -0.15) is 0 Å². The minimum Gasteiger partial charge on any atom is -0.396 e. The van der Waals surface area contributed by atoms with Gasteiger partial charge in [-0.1, -0.05) is 58.3 Å². The van der Waals surface area contributed by atoms with Crippen LogP contribution in [0.2, 0.25) is 0 Å². The molecule has 0 radical (unpaired) electrons. The molecule has 0 spiro atoms. The van der Waals surface area contributed by atoms with Crippen LogP contribution in [0, 0.1) is 5.92 Å². The number of rotatable bonds is 12. The number of aliphatic hydroxyl groups is 1. The first-order valence-electron chi connectivity index (χ1n) is 7.12. The molecule has 0 heterocycles. The fraction of sp³-hybridized carbons (Fsp3) is 0.929. The minimum atomic E-state index is -0.262. The molecule has 1 unspecified atom stereocenters. The normalized spacial score (nSPS) is 12.6. The molecule has 0 fully saturated rings. The summed E-state index contributed by atoms with van der Waals surface area (Å²) < 4.78 is 0. The molecular formula is C14H29NO2. The van der Waals surface area contributed by atoms with Crippen LogP contribution in [0.25, 0.3) is 0 Å². The van der Waals surface area contributed by atoms with Crippen molar-refractivity contribution in [2.24, 2.45) is 11.7 Å². The van der Waals surface area contributed by atoms with Gasteiger partial charge in [0.1, 0.15) is 0 Å². The number of hydrogen-bond acceptors (Lipinski definition) is 2. The summed E-state index contributed by atoms with van der Waals surface area (Å²) in [6.07, 6.45) is 11.5. The van der Waals surface area contributed by atoms with Crippen LogP contribution in [0.15, 0.2) is 0 Å². The summed E-state index contributed by atoms with van der Waals surface area (Å²) in [4.78, 5) is 11.0. The minimum absolute atomic E-state index is 0.0601. The molecule has 0 aromatic rings. The summed E-state index contributed by atoms with van der Waals surface area (Å²) in [5, 5.41) is 8.80. The molecular weight excluding hydrogens is 214 g/mol. The zero-order chi connectivity index (χ0) is 12.9. The highest BCUT2D eigenvalue weighted by molar-refractivity contribution is 5.76. The van der Waals surface area contributed by atoms with Crippen molar-refractivity contribution in [2.45, 2.75) is 71.1 Å². The van der Waals surface area contributed by atoms with Gasteiger partial charge in [0.25, 0.3) is 0 Å². The van der Waals surface area contributed by atoms with Crippen molar-refractivity contribution in [1.82, 2.24) is 0 Å². The van der Waals surface area contributed by atoms with Gasteiger partial charge in [-0.05, 0) is 12.8 Å². The molecule has 0 aliphatic rings. The van der Waals surface area contributed by atoms with Crippen molar-refractivity contribution in [2.75, 3.05) is 6.61 Å². The lowest BCUT2D eigenvalue weighted by Gasteiger charge is -2.11. The van der Waals surface area contributed by atoms with Gasteiger partial charge in [0.05, 0.1) is 0 Å². The number of hydrogen-bond donors (Lipinski definition) is 2. The first kappa shape index (κ1) is 16.4. The Bertz CT molecular complexity index is 183. The van der Waals surface area contributed by atoms with Gasteiger partial charge in [0.15, 0.2) is 0 Å². The second-order valence-corrected chi connectivity index (χ2v) is 4.88. The molecule has 0 saturated heterocycles. The zero-order valence-corrected chi connectivity index (χ0v) is 11.3. The molecule has 3 N–H and O–H groups in total. The zero-order valence-electron chi connectivity index (χ0n) is 11.3. The molecule has 0 aliphatic carbocycles. The van der Waals surface area contributed by atoms with Crippen LogP contribution in [-0.2, 0) is 4.79 Å². The molecule has 17 heavy (non-hydrogen) atoms. The Hall–Kier alpha value is -0.570. The molecule has 102 valence electrons. The Morgan fingerprint density at radius 3 is 2.00 bits per heavy atom. The Balaban J connectivity index is 3.33. The summed E-state index contributed by atoms with van der Waals surface area (Å²) >= 11 is 0. The number of carbonyl (C=O) groups excluding carboxylic acids is 1. The van der Waals surface area contributed by atoms with E-state index in [1.165, 1.54) is 44.9 Å². The van der Waals surface area contributed by atoms with Crippen molar-refractivity contribution in [1.29, 1.82) is 0 Å². The van der Waals surface area contributed by atoms with E-state index in [0.717, 1.165) is 12.8 Å². The molecule has 1 atom stereocenters. The average molecular weight is 243 g/mol. The lowest BCUT2D eigenvalue weighted by Crippen LogP contribution is -2.24. The van der Waals surface area contributed by atoms with Gasteiger partial charge in [0, 0.05) is 12.5 Å². The van der Waals surface area contributed by atoms with Crippen molar-refractivity contribution >= 4 is 5.91 Å². The topological polar surface area (TPSA) is 63.3 Å². The first-order valence-corrected chi connectivity index (χ1v) is 7.12. The van der Waals surface area contributed by atoms with Crippen LogP contribution in [-0.4, -0.2) is 17.6 Å². The van der Waals surface area contributed by atoms with Gasteiger partial charge in [-0.25, -0.2) is 0 Å². The smallest absolute Gasteiger partial charge is 0.220 e. The molecule has 0 rings (SSSR count). The van der Waals surface area contributed by atoms with E-state index >= 15 is 0 Å². The van der Waals surface area contributed by atoms with Crippen LogP contribution in [0.4, 0.5) is 0 Å².